The molecule has 3 rings (SSSR count). The maximum absolute atomic E-state index is 12.8. The Morgan fingerprint density at radius 2 is 1.87 bits per heavy atom. The largest absolute Gasteiger partial charge is 0.493 e. The van der Waals surface area contributed by atoms with Crippen LogP contribution in [0.15, 0.2) is 53.4 Å². The average molecular weight is 458 g/mol. The van der Waals surface area contributed by atoms with Gasteiger partial charge in [0.1, 0.15) is 4.32 Å². The number of hydrogen-bond donors (Lipinski definition) is 2. The van der Waals surface area contributed by atoms with E-state index < -0.39 is 0 Å². The van der Waals surface area contributed by atoms with Gasteiger partial charge in [0.15, 0.2) is 11.5 Å². The Kier molecular flexibility index (Phi) is 7.91. The summed E-state index contributed by atoms with van der Waals surface area (Å²) >= 11 is 6.61. The Morgan fingerprint density at radius 1 is 1.13 bits per heavy atom. The second kappa shape index (κ2) is 10.8. The highest BCUT2D eigenvalue weighted by Crippen LogP contribution is 2.34. The highest BCUT2D eigenvalue weighted by Gasteiger charge is 2.31. The number of thiocarbonyl (C=S) groups is 1. The molecule has 0 saturated carbocycles. The molecule has 7 nitrogen and oxygen atoms in total. The van der Waals surface area contributed by atoms with E-state index in [2.05, 4.69) is 10.9 Å². The van der Waals surface area contributed by atoms with Crippen LogP contribution in [0.25, 0.3) is 6.08 Å². The number of benzene rings is 2. The molecule has 0 spiro atoms. The Balaban J connectivity index is 1.53. The first-order chi connectivity index (χ1) is 15.0. The summed E-state index contributed by atoms with van der Waals surface area (Å²) < 4.78 is 11.0. The Morgan fingerprint density at radius 3 is 2.58 bits per heavy atom. The smallest absolute Gasteiger partial charge is 0.266 e. The van der Waals surface area contributed by atoms with Crippen LogP contribution in [0.3, 0.4) is 0 Å². The van der Waals surface area contributed by atoms with E-state index in [1.54, 1.807) is 32.4 Å². The summed E-state index contributed by atoms with van der Waals surface area (Å²) in [5, 5.41) is 0. The lowest BCUT2D eigenvalue weighted by Crippen LogP contribution is -2.32. The van der Waals surface area contributed by atoms with Crippen molar-refractivity contribution in [2.24, 2.45) is 0 Å². The van der Waals surface area contributed by atoms with Crippen LogP contribution in [0, 0.1) is 0 Å². The van der Waals surface area contributed by atoms with Crippen LogP contribution in [0.2, 0.25) is 0 Å². The van der Waals surface area contributed by atoms with Crippen molar-refractivity contribution in [3.05, 3.63) is 59.0 Å². The molecule has 162 valence electrons. The minimum atomic E-state index is -0.160. The molecule has 2 amide bonds. The fraction of sp³-hybridized carbons (Fsp3) is 0.227. The zero-order valence-electron chi connectivity index (χ0n) is 17.2. The molecule has 31 heavy (non-hydrogen) atoms. The molecule has 0 unspecified atom stereocenters. The Labute approximate surface area is 190 Å². The number of carbonyl (C=O) groups is 2. The van der Waals surface area contributed by atoms with Gasteiger partial charge in [0.05, 0.1) is 24.8 Å². The number of amides is 2. The second-order valence-electron chi connectivity index (χ2n) is 6.59. The number of thioether (sulfide) groups is 1. The molecule has 2 aromatic carbocycles. The van der Waals surface area contributed by atoms with Crippen molar-refractivity contribution in [3.63, 3.8) is 0 Å². The molecule has 0 aromatic heterocycles. The zero-order valence-corrected chi connectivity index (χ0v) is 18.8. The quantitative estimate of drug-likeness (QED) is 0.337. The van der Waals surface area contributed by atoms with Crippen LogP contribution in [-0.2, 0) is 9.59 Å². The molecule has 0 radical (unpaired) electrons. The second-order valence-corrected chi connectivity index (χ2v) is 8.27. The number of rotatable bonds is 9. The highest BCUT2D eigenvalue weighted by molar-refractivity contribution is 8.26. The van der Waals surface area contributed by atoms with Gasteiger partial charge in [-0.2, -0.15) is 0 Å². The summed E-state index contributed by atoms with van der Waals surface area (Å²) in [6.45, 7) is 0.382. The van der Waals surface area contributed by atoms with E-state index in [9.17, 15) is 9.59 Å². The number of ether oxygens (including phenoxy) is 2. The number of nitrogens with zero attached hydrogens (tertiary/aromatic N) is 1. The monoisotopic (exact) mass is 457 g/mol. The van der Waals surface area contributed by atoms with E-state index in [-0.39, 0.29) is 18.2 Å². The maximum Gasteiger partial charge on any atom is 0.266 e. The van der Waals surface area contributed by atoms with Gasteiger partial charge >= 0.3 is 0 Å². The average Bonchev–Trinajstić information content (AvgIpc) is 3.05. The molecular weight excluding hydrogens is 434 g/mol. The fourth-order valence-corrected chi connectivity index (χ4v) is 4.22. The van der Waals surface area contributed by atoms with Crippen molar-refractivity contribution < 1.29 is 19.1 Å². The Hall–Kier alpha value is -3.04. The number of para-hydroxylation sites is 1. The van der Waals surface area contributed by atoms with Gasteiger partial charge in [-0.05, 0) is 42.3 Å². The topological polar surface area (TPSA) is 79.9 Å². The van der Waals surface area contributed by atoms with Gasteiger partial charge in [0.25, 0.3) is 5.91 Å². The molecule has 1 fully saturated rings. The molecule has 0 bridgehead atoms. The van der Waals surface area contributed by atoms with Crippen molar-refractivity contribution in [2.45, 2.75) is 12.8 Å². The predicted octanol–water partition coefficient (Wildman–Crippen LogP) is 3.83. The van der Waals surface area contributed by atoms with E-state index in [1.807, 2.05) is 36.4 Å². The number of carbonyl (C=O) groups excluding carboxylic acids is 2. The standard InChI is InChI=1S/C22H23N3O4S2/c1-28-17-11-10-15(13-18(17)29-2)14-19-21(27)25(22(30)31-19)12-6-9-20(26)24-23-16-7-4-3-5-8-16/h3-5,7-8,10-11,13-14,23H,6,9,12H2,1-2H3,(H,24,26). The molecule has 2 N–H and O–H groups in total. The van der Waals surface area contributed by atoms with Crippen LogP contribution in [0.4, 0.5) is 5.69 Å². The van der Waals surface area contributed by atoms with Crippen molar-refractivity contribution in [1.29, 1.82) is 0 Å². The third kappa shape index (κ3) is 5.99. The van der Waals surface area contributed by atoms with E-state index >= 15 is 0 Å². The van der Waals surface area contributed by atoms with E-state index in [4.69, 9.17) is 21.7 Å². The van der Waals surface area contributed by atoms with Crippen LogP contribution < -0.4 is 20.3 Å². The van der Waals surface area contributed by atoms with Crippen molar-refractivity contribution in [3.8, 4) is 11.5 Å². The van der Waals surface area contributed by atoms with Gasteiger partial charge in [-0.15, -0.1) is 0 Å². The van der Waals surface area contributed by atoms with Crippen molar-refractivity contribution in [2.75, 3.05) is 26.2 Å². The molecule has 0 aliphatic carbocycles. The number of anilines is 1. The molecule has 1 saturated heterocycles. The minimum absolute atomic E-state index is 0.157. The molecule has 1 aliphatic heterocycles. The maximum atomic E-state index is 12.8. The first-order valence-corrected chi connectivity index (χ1v) is 10.8. The van der Waals surface area contributed by atoms with Crippen LogP contribution >= 0.6 is 24.0 Å². The predicted molar refractivity (Wildman–Crippen MR) is 127 cm³/mol. The number of methoxy groups -OCH3 is 2. The summed E-state index contributed by atoms with van der Waals surface area (Å²) in [6, 6.07) is 14.8. The van der Waals surface area contributed by atoms with Crippen LogP contribution in [0.1, 0.15) is 18.4 Å². The van der Waals surface area contributed by atoms with Crippen LogP contribution in [-0.4, -0.2) is 41.8 Å². The van der Waals surface area contributed by atoms with Gasteiger partial charge in [-0.1, -0.05) is 48.2 Å². The minimum Gasteiger partial charge on any atom is -0.493 e. The van der Waals surface area contributed by atoms with Gasteiger partial charge in [-0.3, -0.25) is 25.3 Å². The zero-order chi connectivity index (χ0) is 22.2. The van der Waals surface area contributed by atoms with Gasteiger partial charge in [0.2, 0.25) is 5.91 Å². The number of nitrogens with one attached hydrogen (secondary N) is 2. The van der Waals surface area contributed by atoms with E-state index in [1.165, 1.54) is 16.7 Å². The normalized spacial score (nSPS) is 14.6. The summed E-state index contributed by atoms with van der Waals surface area (Å²) in [5.74, 6) is 0.886. The molecule has 9 heteroatoms. The van der Waals surface area contributed by atoms with Gasteiger partial charge in [0, 0.05) is 13.0 Å². The third-order valence-electron chi connectivity index (χ3n) is 4.48. The lowest BCUT2D eigenvalue weighted by molar-refractivity contribution is -0.123. The molecular formula is C22H23N3O4S2. The summed E-state index contributed by atoms with van der Waals surface area (Å²) in [5.41, 5.74) is 7.11. The Bertz CT molecular complexity index is 996. The lowest BCUT2D eigenvalue weighted by atomic mass is 10.2. The van der Waals surface area contributed by atoms with E-state index in [0.717, 1.165) is 11.3 Å². The SMILES string of the molecule is COc1ccc(C=C2SC(=S)N(CCCC(=O)NNc3ccccc3)C2=O)cc1OC. The van der Waals surface area contributed by atoms with E-state index in [0.29, 0.717) is 33.7 Å². The van der Waals surface area contributed by atoms with Crippen LogP contribution in [0.5, 0.6) is 11.5 Å². The highest BCUT2D eigenvalue weighted by atomic mass is 32.2. The van der Waals surface area contributed by atoms with Gasteiger partial charge < -0.3 is 9.47 Å². The van der Waals surface area contributed by atoms with Crippen molar-refractivity contribution >= 4 is 51.9 Å². The van der Waals surface area contributed by atoms with Gasteiger partial charge in [-0.25, -0.2) is 0 Å². The first-order valence-electron chi connectivity index (χ1n) is 9.59. The number of hydrazine groups is 1. The van der Waals surface area contributed by atoms with Crippen molar-refractivity contribution in [1.82, 2.24) is 10.3 Å². The summed E-state index contributed by atoms with van der Waals surface area (Å²) in [4.78, 5) is 26.9. The molecule has 1 heterocycles. The molecule has 0 atom stereocenters. The first kappa shape index (κ1) is 22.6. The lowest BCUT2D eigenvalue weighted by Gasteiger charge is -2.14. The third-order valence-corrected chi connectivity index (χ3v) is 5.86. The number of hydrogen-bond acceptors (Lipinski definition) is 7. The summed E-state index contributed by atoms with van der Waals surface area (Å²) in [6.07, 6.45) is 2.54. The molecule has 2 aromatic rings. The summed E-state index contributed by atoms with van der Waals surface area (Å²) in [7, 11) is 3.13. The molecule has 1 aliphatic rings. The fourth-order valence-electron chi connectivity index (χ4n) is 2.91.